The maximum absolute atomic E-state index is 11.6. The molecule has 0 bridgehead atoms. The SMILES string of the molecule is Cc1c(S)oc2ccccc2c1=O. The molecule has 0 saturated heterocycles. The third-order valence-electron chi connectivity index (χ3n) is 2.00. The molecule has 0 radical (unpaired) electrons. The first kappa shape index (κ1) is 8.38. The zero-order valence-corrected chi connectivity index (χ0v) is 7.97. The van der Waals surface area contributed by atoms with Crippen LogP contribution >= 0.6 is 12.6 Å². The van der Waals surface area contributed by atoms with Crippen molar-refractivity contribution in [3.63, 3.8) is 0 Å². The average molecular weight is 192 g/mol. The van der Waals surface area contributed by atoms with Gasteiger partial charge in [0.2, 0.25) is 0 Å². The Morgan fingerprint density at radius 1 is 1.31 bits per heavy atom. The molecule has 0 N–H and O–H groups in total. The minimum Gasteiger partial charge on any atom is -0.450 e. The van der Waals surface area contributed by atoms with E-state index in [4.69, 9.17) is 4.42 Å². The minimum atomic E-state index is -0.00755. The molecule has 3 heteroatoms. The van der Waals surface area contributed by atoms with Crippen molar-refractivity contribution in [3.05, 3.63) is 40.1 Å². The molecule has 66 valence electrons. The summed E-state index contributed by atoms with van der Waals surface area (Å²) < 4.78 is 5.34. The second kappa shape index (κ2) is 2.92. The summed E-state index contributed by atoms with van der Waals surface area (Å²) >= 11 is 4.08. The van der Waals surface area contributed by atoms with Crippen molar-refractivity contribution >= 4 is 23.6 Å². The lowest BCUT2D eigenvalue weighted by Gasteiger charge is -2.00. The number of fused-ring (bicyclic) bond motifs is 1. The number of benzene rings is 1. The first-order valence-electron chi connectivity index (χ1n) is 3.91. The van der Waals surface area contributed by atoms with Crippen LogP contribution in [0.5, 0.6) is 0 Å². The second-order valence-electron chi connectivity index (χ2n) is 2.86. The topological polar surface area (TPSA) is 30.2 Å². The molecule has 0 spiro atoms. The zero-order valence-electron chi connectivity index (χ0n) is 7.07. The molecule has 2 nitrogen and oxygen atoms in total. The van der Waals surface area contributed by atoms with E-state index < -0.39 is 0 Å². The number of para-hydroxylation sites is 1. The summed E-state index contributed by atoms with van der Waals surface area (Å²) in [6.07, 6.45) is 0. The number of thiol groups is 1. The van der Waals surface area contributed by atoms with E-state index in [1.54, 1.807) is 19.1 Å². The van der Waals surface area contributed by atoms with E-state index in [0.717, 1.165) is 0 Å². The van der Waals surface area contributed by atoms with E-state index in [1.807, 2.05) is 12.1 Å². The van der Waals surface area contributed by atoms with Gasteiger partial charge >= 0.3 is 0 Å². The van der Waals surface area contributed by atoms with Gasteiger partial charge in [-0.15, -0.1) is 12.6 Å². The normalized spacial score (nSPS) is 10.6. The summed E-state index contributed by atoms with van der Waals surface area (Å²) in [4.78, 5) is 11.6. The van der Waals surface area contributed by atoms with Gasteiger partial charge in [0.25, 0.3) is 0 Å². The fourth-order valence-electron chi connectivity index (χ4n) is 1.22. The van der Waals surface area contributed by atoms with Crippen LogP contribution in [0.4, 0.5) is 0 Å². The Balaban J connectivity index is 3.03. The van der Waals surface area contributed by atoms with Crippen molar-refractivity contribution < 1.29 is 4.42 Å². The van der Waals surface area contributed by atoms with Crippen molar-refractivity contribution in [2.45, 2.75) is 12.0 Å². The fourth-order valence-corrected chi connectivity index (χ4v) is 1.42. The van der Waals surface area contributed by atoms with Crippen LogP contribution in [-0.2, 0) is 0 Å². The number of hydrogen-bond donors (Lipinski definition) is 1. The summed E-state index contributed by atoms with van der Waals surface area (Å²) in [7, 11) is 0. The van der Waals surface area contributed by atoms with E-state index in [-0.39, 0.29) is 5.43 Å². The van der Waals surface area contributed by atoms with Gasteiger partial charge in [-0.05, 0) is 19.1 Å². The summed E-state index contributed by atoms with van der Waals surface area (Å²) in [5.74, 6) is 0. The molecule has 0 aliphatic rings. The Morgan fingerprint density at radius 3 is 2.77 bits per heavy atom. The van der Waals surface area contributed by atoms with E-state index in [0.29, 0.717) is 21.6 Å². The summed E-state index contributed by atoms with van der Waals surface area (Å²) in [6.45, 7) is 1.71. The highest BCUT2D eigenvalue weighted by molar-refractivity contribution is 7.80. The molecule has 0 aliphatic carbocycles. The third-order valence-corrected chi connectivity index (χ3v) is 2.43. The van der Waals surface area contributed by atoms with E-state index in [1.165, 1.54) is 0 Å². The largest absolute Gasteiger partial charge is 0.450 e. The standard InChI is InChI=1S/C10H8O2S/c1-6-9(11)7-4-2-3-5-8(7)12-10(6)13/h2-5,13H,1H3. The van der Waals surface area contributed by atoms with Gasteiger partial charge in [-0.1, -0.05) is 12.1 Å². The third kappa shape index (κ3) is 1.25. The van der Waals surface area contributed by atoms with Gasteiger partial charge in [0.15, 0.2) is 10.5 Å². The monoisotopic (exact) mass is 192 g/mol. The lowest BCUT2D eigenvalue weighted by molar-refractivity contribution is 0.494. The summed E-state index contributed by atoms with van der Waals surface area (Å²) in [5, 5.41) is 1.00. The average Bonchev–Trinajstić information content (AvgIpc) is 2.15. The highest BCUT2D eigenvalue weighted by Gasteiger charge is 2.06. The minimum absolute atomic E-state index is 0.00755. The lowest BCUT2D eigenvalue weighted by Crippen LogP contribution is -2.05. The molecular weight excluding hydrogens is 184 g/mol. The van der Waals surface area contributed by atoms with Crippen LogP contribution in [0.15, 0.2) is 38.6 Å². The number of hydrogen-bond acceptors (Lipinski definition) is 3. The first-order valence-corrected chi connectivity index (χ1v) is 4.36. The molecule has 1 aromatic carbocycles. The molecule has 0 unspecified atom stereocenters. The first-order chi connectivity index (χ1) is 6.20. The molecule has 0 saturated carbocycles. The molecule has 2 rings (SSSR count). The molecule has 1 heterocycles. The van der Waals surface area contributed by atoms with Crippen molar-refractivity contribution in [1.82, 2.24) is 0 Å². The predicted molar refractivity (Wildman–Crippen MR) is 54.5 cm³/mol. The molecule has 2 aromatic rings. The molecule has 0 aliphatic heterocycles. The molecule has 0 fully saturated rings. The van der Waals surface area contributed by atoms with E-state index in [2.05, 4.69) is 12.6 Å². The van der Waals surface area contributed by atoms with Gasteiger partial charge in [0.05, 0.1) is 5.39 Å². The Kier molecular flexibility index (Phi) is 1.88. The summed E-state index contributed by atoms with van der Waals surface area (Å²) in [6, 6.07) is 7.15. The van der Waals surface area contributed by atoms with Crippen LogP contribution in [0.3, 0.4) is 0 Å². The smallest absolute Gasteiger partial charge is 0.196 e. The van der Waals surface area contributed by atoms with Gasteiger partial charge < -0.3 is 4.42 Å². The van der Waals surface area contributed by atoms with E-state index in [9.17, 15) is 4.79 Å². The molecule has 1 aromatic heterocycles. The molecule has 0 atom stereocenters. The van der Waals surface area contributed by atoms with Crippen molar-refractivity contribution in [2.75, 3.05) is 0 Å². The number of rotatable bonds is 0. The Hall–Kier alpha value is -1.22. The summed E-state index contributed by atoms with van der Waals surface area (Å²) in [5.41, 5.74) is 1.14. The van der Waals surface area contributed by atoms with Crippen LogP contribution in [0.2, 0.25) is 0 Å². The van der Waals surface area contributed by atoms with Gasteiger partial charge in [0.1, 0.15) is 5.58 Å². The fraction of sp³-hybridized carbons (Fsp3) is 0.100. The Bertz CT molecular complexity index is 514. The Morgan fingerprint density at radius 2 is 2.00 bits per heavy atom. The van der Waals surface area contributed by atoms with Gasteiger partial charge in [-0.25, -0.2) is 0 Å². The van der Waals surface area contributed by atoms with Gasteiger partial charge in [-0.2, -0.15) is 0 Å². The van der Waals surface area contributed by atoms with Crippen molar-refractivity contribution in [1.29, 1.82) is 0 Å². The predicted octanol–water partition coefficient (Wildman–Crippen LogP) is 2.39. The molecular formula is C10H8O2S. The highest BCUT2D eigenvalue weighted by Crippen LogP contribution is 2.16. The quantitative estimate of drug-likeness (QED) is 0.649. The van der Waals surface area contributed by atoms with Crippen molar-refractivity contribution in [2.24, 2.45) is 0 Å². The van der Waals surface area contributed by atoms with Crippen LogP contribution in [0, 0.1) is 6.92 Å². The van der Waals surface area contributed by atoms with Crippen LogP contribution in [0.25, 0.3) is 11.0 Å². The lowest BCUT2D eigenvalue weighted by atomic mass is 10.2. The van der Waals surface area contributed by atoms with Gasteiger partial charge in [0, 0.05) is 5.56 Å². The van der Waals surface area contributed by atoms with E-state index >= 15 is 0 Å². The molecule has 0 amide bonds. The molecule has 13 heavy (non-hydrogen) atoms. The van der Waals surface area contributed by atoms with Crippen LogP contribution in [0.1, 0.15) is 5.56 Å². The zero-order chi connectivity index (χ0) is 9.42. The Labute approximate surface area is 80.6 Å². The maximum Gasteiger partial charge on any atom is 0.196 e. The van der Waals surface area contributed by atoms with Gasteiger partial charge in [-0.3, -0.25) is 4.79 Å². The van der Waals surface area contributed by atoms with Crippen LogP contribution < -0.4 is 5.43 Å². The van der Waals surface area contributed by atoms with Crippen LogP contribution in [-0.4, -0.2) is 0 Å². The highest BCUT2D eigenvalue weighted by atomic mass is 32.1. The second-order valence-corrected chi connectivity index (χ2v) is 3.26. The maximum atomic E-state index is 11.6. The van der Waals surface area contributed by atoms with Crippen molar-refractivity contribution in [3.8, 4) is 0 Å².